The lowest BCUT2D eigenvalue weighted by atomic mass is 10.2. The average Bonchev–Trinajstić information content (AvgIpc) is 3.08. The molecule has 0 radical (unpaired) electrons. The molecule has 0 atom stereocenters. The Labute approximate surface area is 130 Å². The Hall–Kier alpha value is -1.27. The first-order valence-corrected chi connectivity index (χ1v) is 8.62. The summed E-state index contributed by atoms with van der Waals surface area (Å²) >= 11 is 1.66. The van der Waals surface area contributed by atoms with Gasteiger partial charge in [0, 0.05) is 13.0 Å². The second kappa shape index (κ2) is 8.24. The lowest BCUT2D eigenvalue weighted by Gasteiger charge is -2.11. The van der Waals surface area contributed by atoms with Crippen LogP contribution in [0.4, 0.5) is 0 Å². The Morgan fingerprint density at radius 3 is 2.90 bits per heavy atom. The van der Waals surface area contributed by atoms with Crippen LogP contribution in [0.3, 0.4) is 0 Å². The zero-order valence-electron chi connectivity index (χ0n) is 13.0. The van der Waals surface area contributed by atoms with E-state index in [1.807, 2.05) is 12.1 Å². The molecule has 0 saturated heterocycles. The zero-order chi connectivity index (χ0) is 15.1. The molecule has 116 valence electrons. The van der Waals surface area contributed by atoms with Crippen molar-refractivity contribution in [3.05, 3.63) is 30.0 Å². The molecule has 21 heavy (non-hydrogen) atoms. The van der Waals surface area contributed by atoms with E-state index < -0.39 is 0 Å². The molecular weight excluding hydrogens is 284 g/mol. The number of hydrogen-bond acceptors (Lipinski definition) is 5. The molecule has 0 unspecified atom stereocenters. The molecule has 2 rings (SSSR count). The van der Waals surface area contributed by atoms with Gasteiger partial charge in [-0.05, 0) is 37.3 Å². The van der Waals surface area contributed by atoms with Gasteiger partial charge < -0.3 is 14.3 Å². The van der Waals surface area contributed by atoms with Crippen LogP contribution in [0.2, 0.25) is 0 Å². The topological polar surface area (TPSA) is 55.9 Å². The van der Waals surface area contributed by atoms with Gasteiger partial charge >= 0.3 is 0 Å². The molecule has 2 heterocycles. The normalized spacial score (nSPS) is 11.4. The summed E-state index contributed by atoms with van der Waals surface area (Å²) < 4.78 is 7.54. The highest BCUT2D eigenvalue weighted by molar-refractivity contribution is 7.98. The zero-order valence-corrected chi connectivity index (χ0v) is 13.8. The van der Waals surface area contributed by atoms with Gasteiger partial charge in [0.1, 0.15) is 11.6 Å². The predicted octanol–water partition coefficient (Wildman–Crippen LogP) is 2.97. The maximum Gasteiger partial charge on any atom is 0.190 e. The summed E-state index contributed by atoms with van der Waals surface area (Å²) in [7, 11) is 0. The molecule has 1 N–H and O–H groups in total. The van der Waals surface area contributed by atoms with Gasteiger partial charge in [-0.25, -0.2) is 0 Å². The van der Waals surface area contributed by atoms with E-state index >= 15 is 0 Å². The van der Waals surface area contributed by atoms with Crippen LogP contribution in [0, 0.1) is 5.92 Å². The van der Waals surface area contributed by atoms with Crippen molar-refractivity contribution in [3.63, 3.8) is 0 Å². The first-order chi connectivity index (χ1) is 10.2. The summed E-state index contributed by atoms with van der Waals surface area (Å²) in [6.45, 7) is 7.15. The minimum atomic E-state index is 0.600. The molecule has 0 aliphatic rings. The van der Waals surface area contributed by atoms with E-state index in [0.29, 0.717) is 5.92 Å². The van der Waals surface area contributed by atoms with E-state index in [1.165, 1.54) is 0 Å². The number of thioether (sulfide) groups is 1. The molecule has 0 aliphatic heterocycles. The Kier molecular flexibility index (Phi) is 6.32. The Morgan fingerprint density at radius 1 is 1.38 bits per heavy atom. The monoisotopic (exact) mass is 308 g/mol. The summed E-state index contributed by atoms with van der Waals surface area (Å²) in [4.78, 5) is 0. The van der Waals surface area contributed by atoms with Gasteiger partial charge in [0.05, 0.1) is 12.8 Å². The molecule has 0 aromatic carbocycles. The first kappa shape index (κ1) is 16.1. The van der Waals surface area contributed by atoms with Gasteiger partial charge in [0.25, 0.3) is 0 Å². The van der Waals surface area contributed by atoms with E-state index in [1.54, 1.807) is 18.0 Å². The van der Waals surface area contributed by atoms with E-state index in [0.717, 1.165) is 49.2 Å². The summed E-state index contributed by atoms with van der Waals surface area (Å²) in [5.41, 5.74) is 0. The van der Waals surface area contributed by atoms with Crippen molar-refractivity contribution in [3.8, 4) is 0 Å². The largest absolute Gasteiger partial charge is 0.468 e. The van der Waals surface area contributed by atoms with Crippen molar-refractivity contribution < 1.29 is 4.42 Å². The van der Waals surface area contributed by atoms with E-state index in [9.17, 15) is 0 Å². The Balaban J connectivity index is 1.78. The van der Waals surface area contributed by atoms with Crippen LogP contribution in [0.25, 0.3) is 0 Å². The summed E-state index contributed by atoms with van der Waals surface area (Å²) in [6, 6.07) is 3.90. The molecule has 5 nitrogen and oxygen atoms in total. The maximum absolute atomic E-state index is 5.29. The summed E-state index contributed by atoms with van der Waals surface area (Å²) in [5, 5.41) is 13.0. The van der Waals surface area contributed by atoms with Crippen molar-refractivity contribution >= 4 is 11.8 Å². The van der Waals surface area contributed by atoms with Gasteiger partial charge in [-0.1, -0.05) is 25.6 Å². The third-order valence-corrected chi connectivity index (χ3v) is 3.82. The fourth-order valence-corrected chi connectivity index (χ4v) is 2.72. The molecule has 6 heteroatoms. The molecule has 0 aliphatic carbocycles. The van der Waals surface area contributed by atoms with Crippen LogP contribution in [0.1, 0.15) is 31.9 Å². The Morgan fingerprint density at radius 2 is 2.24 bits per heavy atom. The molecular formula is C15H24N4OS. The van der Waals surface area contributed by atoms with Gasteiger partial charge in [-0.2, -0.15) is 0 Å². The average molecular weight is 308 g/mol. The second-order valence-electron chi connectivity index (χ2n) is 5.47. The summed E-state index contributed by atoms with van der Waals surface area (Å²) in [5.74, 6) is 2.67. The van der Waals surface area contributed by atoms with Crippen LogP contribution in [0.15, 0.2) is 28.0 Å². The predicted molar refractivity (Wildman–Crippen MR) is 85.4 cm³/mol. The van der Waals surface area contributed by atoms with Crippen molar-refractivity contribution in [1.82, 2.24) is 20.1 Å². The van der Waals surface area contributed by atoms with Crippen LogP contribution < -0.4 is 5.32 Å². The fourth-order valence-electron chi connectivity index (χ4n) is 2.20. The van der Waals surface area contributed by atoms with Crippen molar-refractivity contribution in [2.45, 2.75) is 44.9 Å². The lowest BCUT2D eigenvalue weighted by Crippen LogP contribution is -2.16. The van der Waals surface area contributed by atoms with Gasteiger partial charge in [0.15, 0.2) is 5.16 Å². The molecule has 0 spiro atoms. The highest BCUT2D eigenvalue weighted by Crippen LogP contribution is 2.16. The van der Waals surface area contributed by atoms with Crippen molar-refractivity contribution in [1.29, 1.82) is 0 Å². The number of rotatable bonds is 9. The highest BCUT2D eigenvalue weighted by atomic mass is 32.2. The molecule has 0 saturated carbocycles. The molecule has 0 fully saturated rings. The molecule has 0 amide bonds. The highest BCUT2D eigenvalue weighted by Gasteiger charge is 2.12. The Bertz CT molecular complexity index is 522. The van der Waals surface area contributed by atoms with Crippen molar-refractivity contribution in [2.75, 3.05) is 12.8 Å². The van der Waals surface area contributed by atoms with Gasteiger partial charge in [-0.3, -0.25) is 0 Å². The standard InChI is InChI=1S/C15H24N4OS/c1-12(2)11-19-14(17-18-15(19)21-3)7-4-8-16-10-13-6-5-9-20-13/h5-6,9,12,16H,4,7-8,10-11H2,1-3H3. The molecule has 0 bridgehead atoms. The number of aryl methyl sites for hydroxylation is 1. The SMILES string of the molecule is CSc1nnc(CCCNCc2ccco2)n1CC(C)C. The second-order valence-corrected chi connectivity index (χ2v) is 6.24. The van der Waals surface area contributed by atoms with Crippen LogP contribution >= 0.6 is 11.8 Å². The fraction of sp³-hybridized carbons (Fsp3) is 0.600. The van der Waals surface area contributed by atoms with E-state index in [4.69, 9.17) is 4.42 Å². The van der Waals surface area contributed by atoms with Crippen LogP contribution in [-0.4, -0.2) is 27.6 Å². The third kappa shape index (κ3) is 4.89. The first-order valence-electron chi connectivity index (χ1n) is 7.40. The van der Waals surface area contributed by atoms with Crippen LogP contribution in [0.5, 0.6) is 0 Å². The number of aromatic nitrogens is 3. The lowest BCUT2D eigenvalue weighted by molar-refractivity contribution is 0.468. The molecule has 2 aromatic rings. The quantitative estimate of drug-likeness (QED) is 0.570. The van der Waals surface area contributed by atoms with E-state index in [2.05, 4.69) is 40.2 Å². The minimum Gasteiger partial charge on any atom is -0.468 e. The van der Waals surface area contributed by atoms with E-state index in [-0.39, 0.29) is 0 Å². The van der Waals surface area contributed by atoms with Gasteiger partial charge in [0.2, 0.25) is 0 Å². The smallest absolute Gasteiger partial charge is 0.190 e. The van der Waals surface area contributed by atoms with Crippen LogP contribution in [-0.2, 0) is 19.5 Å². The number of furan rings is 1. The number of nitrogens with zero attached hydrogens (tertiary/aromatic N) is 3. The maximum atomic E-state index is 5.29. The summed E-state index contributed by atoms with van der Waals surface area (Å²) in [6.07, 6.45) is 5.75. The third-order valence-electron chi connectivity index (χ3n) is 3.16. The number of hydrogen-bond donors (Lipinski definition) is 1. The van der Waals surface area contributed by atoms with Gasteiger partial charge in [-0.15, -0.1) is 10.2 Å². The molecule has 2 aromatic heterocycles. The number of nitrogens with one attached hydrogen (secondary N) is 1. The van der Waals surface area contributed by atoms with Crippen molar-refractivity contribution in [2.24, 2.45) is 5.92 Å². The minimum absolute atomic E-state index is 0.600.